The van der Waals surface area contributed by atoms with E-state index in [0.717, 1.165) is 0 Å². The quantitative estimate of drug-likeness (QED) is 0.197. The number of amides is 1. The summed E-state index contributed by atoms with van der Waals surface area (Å²) in [5.41, 5.74) is 7.02. The maximum atomic E-state index is 13.9. The lowest BCUT2D eigenvalue weighted by molar-refractivity contribution is -0.141. The van der Waals surface area contributed by atoms with Gasteiger partial charge in [0.25, 0.3) is 10.0 Å². The Morgan fingerprint density at radius 1 is 1.17 bits per heavy atom. The molecular weight excluding hydrogens is 488 g/mol. The maximum absolute atomic E-state index is 13.9. The second-order valence-corrected chi connectivity index (χ2v) is 9.90. The van der Waals surface area contributed by atoms with E-state index < -0.39 is 28.1 Å². The lowest BCUT2D eigenvalue weighted by Crippen LogP contribution is -2.49. The van der Waals surface area contributed by atoms with Crippen LogP contribution in [0.2, 0.25) is 0 Å². The number of nitrogens with two attached hydrogens (primary N) is 1. The lowest BCUT2D eigenvalue weighted by atomic mass is 10.1. The first-order chi connectivity index (χ1) is 16.9. The summed E-state index contributed by atoms with van der Waals surface area (Å²) in [5.74, 6) is -1.36. The van der Waals surface area contributed by atoms with Gasteiger partial charge in [-0.25, -0.2) is 18.0 Å². The molecule has 36 heavy (non-hydrogen) atoms. The highest BCUT2D eigenvalue weighted by atomic mass is 32.2. The Kier molecular flexibility index (Phi) is 9.68. The van der Waals surface area contributed by atoms with E-state index in [1.807, 2.05) is 0 Å². The van der Waals surface area contributed by atoms with Crippen molar-refractivity contribution in [3.05, 3.63) is 58.7 Å². The molecule has 0 saturated carbocycles. The molecule has 1 atom stereocenters. The number of sulfonamides is 1. The Bertz CT molecular complexity index is 1220. The number of nitrogens with one attached hydrogen (secondary N) is 2. The molecule has 0 aromatic heterocycles. The monoisotopic (exact) mass is 520 g/mol. The average molecular weight is 521 g/mol. The third kappa shape index (κ3) is 6.66. The number of aliphatic carboxylic acids is 1. The number of carbonyl (C=O) groups is 2. The van der Waals surface area contributed by atoms with Gasteiger partial charge in [-0.2, -0.15) is 4.31 Å². The number of ether oxygens (including phenoxy) is 2. The Balaban J connectivity index is 2.54. The molecule has 5 N–H and O–H groups in total. The highest BCUT2D eigenvalue weighted by Gasteiger charge is 2.42. The van der Waals surface area contributed by atoms with Gasteiger partial charge in [0.05, 0.1) is 12.0 Å². The number of aryl methyl sites for hydroxylation is 1. The summed E-state index contributed by atoms with van der Waals surface area (Å²) in [6.45, 7) is 4.65. The summed E-state index contributed by atoms with van der Waals surface area (Å²) in [6, 6.07) is 8.38. The summed E-state index contributed by atoms with van der Waals surface area (Å²) in [4.78, 5) is 25.3. The van der Waals surface area contributed by atoms with E-state index in [1.54, 1.807) is 51.1 Å². The first-order valence-corrected chi connectivity index (χ1v) is 12.6. The topological polar surface area (TPSA) is 172 Å². The van der Waals surface area contributed by atoms with Gasteiger partial charge in [-0.1, -0.05) is 30.3 Å². The van der Waals surface area contributed by atoms with Crippen LogP contribution in [0, 0.1) is 26.2 Å². The Hall–Kier alpha value is -3.80. The average Bonchev–Trinajstić information content (AvgIpc) is 2.81. The van der Waals surface area contributed by atoms with Crippen LogP contribution in [0.4, 0.5) is 4.79 Å². The van der Waals surface area contributed by atoms with Crippen LogP contribution in [-0.2, 0) is 26.2 Å². The zero-order valence-corrected chi connectivity index (χ0v) is 21.5. The highest BCUT2D eigenvalue weighted by Crippen LogP contribution is 2.34. The van der Waals surface area contributed by atoms with Gasteiger partial charge < -0.3 is 25.6 Å². The number of guanidine groups is 1. The summed E-state index contributed by atoms with van der Waals surface area (Å²) in [7, 11) is -3.22. The van der Waals surface area contributed by atoms with Crippen LogP contribution in [0.25, 0.3) is 0 Å². The van der Waals surface area contributed by atoms with Gasteiger partial charge in [-0.05, 0) is 61.9 Å². The third-order valence-electron chi connectivity index (χ3n) is 5.64. The van der Waals surface area contributed by atoms with Crippen molar-refractivity contribution in [2.75, 3.05) is 13.7 Å². The molecule has 0 aliphatic carbocycles. The number of rotatable bonds is 11. The molecule has 2 aromatic rings. The molecule has 0 aliphatic rings. The van der Waals surface area contributed by atoms with Crippen molar-refractivity contribution in [3.8, 4) is 5.75 Å². The highest BCUT2D eigenvalue weighted by molar-refractivity contribution is 7.89. The molecule has 0 fully saturated rings. The predicted octanol–water partition coefficient (Wildman–Crippen LogP) is 2.66. The molecule has 2 rings (SSSR count). The first kappa shape index (κ1) is 28.4. The van der Waals surface area contributed by atoms with Gasteiger partial charge >= 0.3 is 12.1 Å². The molecule has 0 radical (unpaired) electrons. The molecule has 0 spiro atoms. The van der Waals surface area contributed by atoms with Gasteiger partial charge in [0.2, 0.25) is 0 Å². The van der Waals surface area contributed by atoms with Crippen LogP contribution in [0.15, 0.2) is 41.3 Å². The molecule has 0 unspecified atom stereocenters. The lowest BCUT2D eigenvalue weighted by Gasteiger charge is -2.29. The van der Waals surface area contributed by atoms with Gasteiger partial charge in [0, 0.05) is 6.54 Å². The number of carboxylic acids is 1. The van der Waals surface area contributed by atoms with E-state index in [1.165, 1.54) is 13.2 Å². The predicted molar refractivity (Wildman–Crippen MR) is 133 cm³/mol. The maximum Gasteiger partial charge on any atom is 0.425 e. The number of hydrogen-bond donors (Lipinski definition) is 4. The summed E-state index contributed by atoms with van der Waals surface area (Å²) < 4.78 is 38.7. The number of methoxy groups -OCH3 is 1. The summed E-state index contributed by atoms with van der Waals surface area (Å²) in [5, 5.41) is 19.7. The van der Waals surface area contributed by atoms with E-state index >= 15 is 0 Å². The number of hydrogen-bond acceptors (Lipinski definition) is 7. The zero-order valence-electron chi connectivity index (χ0n) is 20.7. The first-order valence-electron chi connectivity index (χ1n) is 11.1. The van der Waals surface area contributed by atoms with Gasteiger partial charge in [0.1, 0.15) is 18.4 Å². The normalized spacial score (nSPS) is 11.9. The van der Waals surface area contributed by atoms with Crippen molar-refractivity contribution in [3.63, 3.8) is 0 Å². The number of carboxylic acid groups (broad SMARTS) is 1. The zero-order chi connectivity index (χ0) is 27.0. The summed E-state index contributed by atoms with van der Waals surface area (Å²) >= 11 is 0. The molecule has 0 heterocycles. The van der Waals surface area contributed by atoms with Crippen LogP contribution in [-0.4, -0.2) is 55.5 Å². The minimum absolute atomic E-state index is 0.117. The van der Waals surface area contributed by atoms with Crippen molar-refractivity contribution in [2.45, 2.75) is 51.2 Å². The van der Waals surface area contributed by atoms with E-state index in [0.29, 0.717) is 26.7 Å². The van der Waals surface area contributed by atoms with Gasteiger partial charge in [-0.15, -0.1) is 0 Å². The molecule has 196 valence electrons. The second-order valence-electron chi connectivity index (χ2n) is 8.15. The van der Waals surface area contributed by atoms with Gasteiger partial charge in [-0.3, -0.25) is 5.41 Å². The Morgan fingerprint density at radius 2 is 1.81 bits per heavy atom. The minimum atomic E-state index is -4.68. The largest absolute Gasteiger partial charge is 0.496 e. The second kappa shape index (κ2) is 12.2. The Labute approximate surface area is 210 Å². The van der Waals surface area contributed by atoms with Crippen LogP contribution in [0.5, 0.6) is 5.75 Å². The van der Waals surface area contributed by atoms with Crippen molar-refractivity contribution < 1.29 is 32.6 Å². The van der Waals surface area contributed by atoms with Crippen LogP contribution >= 0.6 is 0 Å². The summed E-state index contributed by atoms with van der Waals surface area (Å²) in [6.07, 6.45) is -1.42. The van der Waals surface area contributed by atoms with Crippen molar-refractivity contribution in [2.24, 2.45) is 5.73 Å². The molecular formula is C24H32N4O7S. The molecule has 2 aromatic carbocycles. The van der Waals surface area contributed by atoms with E-state index in [9.17, 15) is 23.1 Å². The van der Waals surface area contributed by atoms with Crippen molar-refractivity contribution in [1.29, 1.82) is 5.41 Å². The van der Waals surface area contributed by atoms with E-state index in [4.69, 9.17) is 20.6 Å². The van der Waals surface area contributed by atoms with Crippen LogP contribution in [0.1, 0.15) is 35.1 Å². The number of nitrogens with zero attached hydrogens (tertiary/aromatic N) is 1. The van der Waals surface area contributed by atoms with Crippen LogP contribution < -0.4 is 15.8 Å². The standard InChI is InChI=1S/C24H32N4O7S/c1-15-13-20(34-4)16(2)17(3)21(15)36(32,33)28(19(22(29)30)11-8-12-27-23(25)26)24(31)35-14-18-9-6-5-7-10-18/h5-7,9-10,13,19H,8,11-12,14H2,1-4H3,(H,29,30)(H4,25,26,27)/t19-/m0/s1. The van der Waals surface area contributed by atoms with Gasteiger partial charge in [0.15, 0.2) is 5.96 Å². The SMILES string of the molecule is COc1cc(C)c(S(=O)(=O)N(C(=O)OCc2ccccc2)[C@@H](CCCNC(=N)N)C(=O)O)c(C)c1C. The van der Waals surface area contributed by atoms with Crippen LogP contribution in [0.3, 0.4) is 0 Å². The molecule has 1 amide bonds. The van der Waals surface area contributed by atoms with E-state index in [2.05, 4.69) is 5.32 Å². The fraction of sp³-hybridized carbons (Fsp3) is 0.375. The molecule has 12 heteroatoms. The molecule has 0 saturated heterocycles. The third-order valence-corrected chi connectivity index (χ3v) is 7.70. The number of benzene rings is 2. The molecule has 11 nitrogen and oxygen atoms in total. The fourth-order valence-corrected chi connectivity index (χ4v) is 5.75. The minimum Gasteiger partial charge on any atom is -0.496 e. The molecule has 0 aliphatic heterocycles. The fourth-order valence-electron chi connectivity index (χ4n) is 3.76. The van der Waals surface area contributed by atoms with Crippen molar-refractivity contribution in [1.82, 2.24) is 9.62 Å². The smallest absolute Gasteiger partial charge is 0.425 e. The van der Waals surface area contributed by atoms with E-state index in [-0.39, 0.29) is 42.4 Å². The Morgan fingerprint density at radius 3 is 2.36 bits per heavy atom. The van der Waals surface area contributed by atoms with Crippen molar-refractivity contribution >= 4 is 28.0 Å². The molecule has 0 bridgehead atoms. The number of carbonyl (C=O) groups excluding carboxylic acids is 1.